The summed E-state index contributed by atoms with van der Waals surface area (Å²) >= 11 is 0. The third kappa shape index (κ3) is 4.23. The minimum absolute atomic E-state index is 0.0314. The van der Waals surface area contributed by atoms with Crippen LogP contribution < -0.4 is 10.6 Å². The molecule has 20 heavy (non-hydrogen) atoms. The predicted octanol–water partition coefficient (Wildman–Crippen LogP) is 3.62. The van der Waals surface area contributed by atoms with E-state index in [2.05, 4.69) is 37.5 Å². The molecule has 1 aromatic rings. The fourth-order valence-corrected chi connectivity index (χ4v) is 2.12. The Morgan fingerprint density at radius 1 is 1.30 bits per heavy atom. The smallest absolute Gasteiger partial charge is 0.322 e. The lowest BCUT2D eigenvalue weighted by molar-refractivity contribution is 0.195. The first kappa shape index (κ1) is 16.5. The quantitative estimate of drug-likeness (QED) is 0.834. The second kappa shape index (κ2) is 7.90. The Kier molecular flexibility index (Phi) is 6.52. The van der Waals surface area contributed by atoms with Crippen molar-refractivity contribution in [1.82, 2.24) is 10.2 Å². The molecule has 0 aliphatic rings. The summed E-state index contributed by atoms with van der Waals surface area (Å²) in [6.07, 6.45) is 0.956. The van der Waals surface area contributed by atoms with E-state index < -0.39 is 0 Å². The number of nitrogens with zero attached hydrogens (tertiary/aromatic N) is 1. The molecule has 0 spiro atoms. The molecule has 0 bridgehead atoms. The maximum Gasteiger partial charge on any atom is 0.322 e. The average molecular weight is 277 g/mol. The van der Waals surface area contributed by atoms with E-state index >= 15 is 0 Å². The van der Waals surface area contributed by atoms with Crippen LogP contribution in [0.15, 0.2) is 24.3 Å². The summed E-state index contributed by atoms with van der Waals surface area (Å²) in [7, 11) is 1.93. The fourth-order valence-electron chi connectivity index (χ4n) is 2.12. The second-order valence-electron chi connectivity index (χ2n) is 5.11. The highest BCUT2D eigenvalue weighted by molar-refractivity contribution is 5.89. The Morgan fingerprint density at radius 3 is 2.55 bits per heavy atom. The first-order chi connectivity index (χ1) is 9.53. The predicted molar refractivity (Wildman–Crippen MR) is 85.1 cm³/mol. The van der Waals surface area contributed by atoms with Crippen LogP contribution in [-0.4, -0.2) is 30.6 Å². The molecule has 0 saturated heterocycles. The Hall–Kier alpha value is -1.55. The molecule has 2 amide bonds. The lowest BCUT2D eigenvalue weighted by Gasteiger charge is -2.27. The SMILES string of the molecule is CCC(C)N(CC)C(=O)Nc1cccc(C(C)NC)c1. The molecular formula is C16H27N3O. The van der Waals surface area contributed by atoms with E-state index in [4.69, 9.17) is 0 Å². The first-order valence-corrected chi connectivity index (χ1v) is 7.38. The van der Waals surface area contributed by atoms with Crippen LogP contribution in [0.4, 0.5) is 10.5 Å². The monoisotopic (exact) mass is 277 g/mol. The van der Waals surface area contributed by atoms with Gasteiger partial charge in [0.1, 0.15) is 0 Å². The van der Waals surface area contributed by atoms with E-state index in [1.54, 1.807) is 0 Å². The summed E-state index contributed by atoms with van der Waals surface area (Å²) in [6.45, 7) is 8.98. The number of rotatable bonds is 6. The summed E-state index contributed by atoms with van der Waals surface area (Å²) in [6, 6.07) is 8.46. The van der Waals surface area contributed by atoms with Gasteiger partial charge in [-0.05, 0) is 51.9 Å². The zero-order chi connectivity index (χ0) is 15.1. The molecule has 0 heterocycles. The summed E-state index contributed by atoms with van der Waals surface area (Å²) < 4.78 is 0. The van der Waals surface area contributed by atoms with Crippen LogP contribution in [-0.2, 0) is 0 Å². The number of hydrogen-bond donors (Lipinski definition) is 2. The molecule has 0 fully saturated rings. The maximum atomic E-state index is 12.3. The van der Waals surface area contributed by atoms with Crippen LogP contribution >= 0.6 is 0 Å². The number of amides is 2. The van der Waals surface area contributed by atoms with Crippen LogP contribution in [0.1, 0.15) is 45.7 Å². The van der Waals surface area contributed by atoms with Crippen molar-refractivity contribution < 1.29 is 4.79 Å². The van der Waals surface area contributed by atoms with Crippen molar-refractivity contribution in [2.24, 2.45) is 0 Å². The Balaban J connectivity index is 2.79. The molecule has 1 aromatic carbocycles. The average Bonchev–Trinajstić information content (AvgIpc) is 2.47. The molecular weight excluding hydrogens is 250 g/mol. The highest BCUT2D eigenvalue weighted by Crippen LogP contribution is 2.17. The normalized spacial score (nSPS) is 13.7. The van der Waals surface area contributed by atoms with Crippen LogP contribution in [0.5, 0.6) is 0 Å². The zero-order valence-electron chi connectivity index (χ0n) is 13.2. The molecule has 2 N–H and O–H groups in total. The van der Waals surface area contributed by atoms with Gasteiger partial charge in [-0.2, -0.15) is 0 Å². The van der Waals surface area contributed by atoms with Crippen molar-refractivity contribution >= 4 is 11.7 Å². The van der Waals surface area contributed by atoms with Crippen molar-refractivity contribution in [2.45, 2.75) is 46.2 Å². The number of urea groups is 1. The first-order valence-electron chi connectivity index (χ1n) is 7.38. The van der Waals surface area contributed by atoms with Crippen molar-refractivity contribution in [1.29, 1.82) is 0 Å². The third-order valence-corrected chi connectivity index (χ3v) is 3.80. The Bertz CT molecular complexity index is 433. The molecule has 2 unspecified atom stereocenters. The number of hydrogen-bond acceptors (Lipinski definition) is 2. The van der Waals surface area contributed by atoms with Gasteiger partial charge in [0.2, 0.25) is 0 Å². The van der Waals surface area contributed by atoms with Crippen LogP contribution in [0.3, 0.4) is 0 Å². The van der Waals surface area contributed by atoms with E-state index in [-0.39, 0.29) is 18.1 Å². The topological polar surface area (TPSA) is 44.4 Å². The van der Waals surface area contributed by atoms with Gasteiger partial charge in [-0.1, -0.05) is 19.1 Å². The van der Waals surface area contributed by atoms with Crippen molar-refractivity contribution in [3.63, 3.8) is 0 Å². The second-order valence-corrected chi connectivity index (χ2v) is 5.11. The van der Waals surface area contributed by atoms with E-state index in [0.29, 0.717) is 6.54 Å². The van der Waals surface area contributed by atoms with Crippen LogP contribution in [0, 0.1) is 0 Å². The number of anilines is 1. The zero-order valence-corrected chi connectivity index (χ0v) is 13.2. The summed E-state index contributed by atoms with van der Waals surface area (Å²) in [5.74, 6) is 0. The van der Waals surface area contributed by atoms with Gasteiger partial charge in [-0.15, -0.1) is 0 Å². The number of carbonyl (C=O) groups excluding carboxylic acids is 1. The van der Waals surface area contributed by atoms with Crippen molar-refractivity contribution in [3.05, 3.63) is 29.8 Å². The Labute approximate surface area is 122 Å². The molecule has 0 saturated carbocycles. The van der Waals surface area contributed by atoms with E-state index in [1.807, 2.05) is 37.1 Å². The van der Waals surface area contributed by atoms with Crippen LogP contribution in [0.2, 0.25) is 0 Å². The summed E-state index contributed by atoms with van der Waals surface area (Å²) in [4.78, 5) is 14.1. The third-order valence-electron chi connectivity index (χ3n) is 3.80. The number of nitrogens with one attached hydrogen (secondary N) is 2. The fraction of sp³-hybridized carbons (Fsp3) is 0.562. The maximum absolute atomic E-state index is 12.3. The van der Waals surface area contributed by atoms with E-state index in [1.165, 1.54) is 0 Å². The molecule has 1 rings (SSSR count). The molecule has 4 heteroatoms. The van der Waals surface area contributed by atoms with Gasteiger partial charge in [0.05, 0.1) is 0 Å². The van der Waals surface area contributed by atoms with Gasteiger partial charge in [0.25, 0.3) is 0 Å². The van der Waals surface area contributed by atoms with E-state index in [9.17, 15) is 4.79 Å². The molecule has 112 valence electrons. The number of carbonyl (C=O) groups is 1. The number of benzene rings is 1. The lowest BCUT2D eigenvalue weighted by atomic mass is 10.1. The minimum Gasteiger partial charge on any atom is -0.322 e. The highest BCUT2D eigenvalue weighted by Gasteiger charge is 2.17. The van der Waals surface area contributed by atoms with Gasteiger partial charge in [-0.25, -0.2) is 4.79 Å². The molecule has 0 aromatic heterocycles. The molecule has 4 nitrogen and oxygen atoms in total. The molecule has 0 aliphatic carbocycles. The molecule has 0 radical (unpaired) electrons. The highest BCUT2D eigenvalue weighted by atomic mass is 16.2. The van der Waals surface area contributed by atoms with E-state index in [0.717, 1.165) is 17.7 Å². The largest absolute Gasteiger partial charge is 0.322 e. The van der Waals surface area contributed by atoms with Gasteiger partial charge in [0, 0.05) is 24.3 Å². The lowest BCUT2D eigenvalue weighted by Crippen LogP contribution is -2.41. The molecule has 0 aliphatic heterocycles. The van der Waals surface area contributed by atoms with Gasteiger partial charge in [-0.3, -0.25) is 0 Å². The summed E-state index contributed by atoms with van der Waals surface area (Å²) in [5, 5.41) is 6.19. The van der Waals surface area contributed by atoms with Crippen LogP contribution in [0.25, 0.3) is 0 Å². The minimum atomic E-state index is -0.0314. The van der Waals surface area contributed by atoms with Gasteiger partial charge >= 0.3 is 6.03 Å². The standard InChI is InChI=1S/C16H27N3O/c1-6-12(3)19(7-2)16(20)18-15-10-8-9-14(11-15)13(4)17-5/h8-13,17H,6-7H2,1-5H3,(H,18,20). The van der Waals surface area contributed by atoms with Crippen molar-refractivity contribution in [2.75, 3.05) is 18.9 Å². The van der Waals surface area contributed by atoms with Crippen molar-refractivity contribution in [3.8, 4) is 0 Å². The van der Waals surface area contributed by atoms with Gasteiger partial charge < -0.3 is 15.5 Å². The van der Waals surface area contributed by atoms with Gasteiger partial charge in [0.15, 0.2) is 0 Å². The molecule has 2 atom stereocenters. The Morgan fingerprint density at radius 2 is 2.00 bits per heavy atom. The summed E-state index contributed by atoms with van der Waals surface area (Å²) in [5.41, 5.74) is 2.01.